The summed E-state index contributed by atoms with van der Waals surface area (Å²) in [6, 6.07) is 0. The Hall–Kier alpha value is -0.420. The quantitative estimate of drug-likeness (QED) is 0.460. The molecule has 4 saturated carbocycles. The van der Waals surface area contributed by atoms with Gasteiger partial charge in [0.25, 0.3) is 0 Å². The van der Waals surface area contributed by atoms with Gasteiger partial charge in [-0.2, -0.15) is 0 Å². The first-order valence-electron chi connectivity index (χ1n) is 13.3. The van der Waals surface area contributed by atoms with Gasteiger partial charge in [0.2, 0.25) is 0 Å². The summed E-state index contributed by atoms with van der Waals surface area (Å²) in [5.41, 5.74) is -0.432. The van der Waals surface area contributed by atoms with Gasteiger partial charge in [0, 0.05) is 11.8 Å². The second-order valence-corrected chi connectivity index (χ2v) is 13.1. The van der Waals surface area contributed by atoms with Crippen molar-refractivity contribution >= 4 is 0 Å². The highest BCUT2D eigenvalue weighted by Gasteiger charge is 2.69. The van der Waals surface area contributed by atoms with Gasteiger partial charge in [0.15, 0.2) is 0 Å². The molecule has 4 aliphatic carbocycles. The van der Waals surface area contributed by atoms with E-state index < -0.39 is 29.3 Å². The van der Waals surface area contributed by atoms with Crippen LogP contribution in [0.3, 0.4) is 0 Å². The summed E-state index contributed by atoms with van der Waals surface area (Å²) in [4.78, 5) is 0. The maximum Gasteiger partial charge on any atom is 0.0986 e. The average molecular weight is 449 g/mol. The topological polar surface area (TPSA) is 80.9 Å². The number of aliphatic hydroxyl groups is 4. The van der Waals surface area contributed by atoms with E-state index >= 15 is 0 Å². The third kappa shape index (κ3) is 3.54. The fourth-order valence-electron chi connectivity index (χ4n) is 9.26. The molecule has 0 aliphatic heterocycles. The van der Waals surface area contributed by atoms with Gasteiger partial charge in [0.05, 0.1) is 23.9 Å². The molecule has 0 aromatic rings. The Morgan fingerprint density at radius 2 is 1.72 bits per heavy atom. The lowest BCUT2D eigenvalue weighted by molar-refractivity contribution is -0.282. The van der Waals surface area contributed by atoms with E-state index in [4.69, 9.17) is 0 Å². The largest absolute Gasteiger partial charge is 0.393 e. The Bertz CT molecular complexity index is 720. The van der Waals surface area contributed by atoms with Gasteiger partial charge in [-0.25, -0.2) is 0 Å². The van der Waals surface area contributed by atoms with E-state index in [0.717, 1.165) is 25.7 Å². The molecule has 4 fully saturated rings. The predicted molar refractivity (Wildman–Crippen MR) is 128 cm³/mol. The molecule has 11 unspecified atom stereocenters. The van der Waals surface area contributed by atoms with Crippen LogP contribution in [0.4, 0.5) is 0 Å². The third-order valence-corrected chi connectivity index (χ3v) is 11.3. The molecule has 0 aromatic carbocycles. The molecular formula is C28H48O4. The monoisotopic (exact) mass is 448 g/mol. The molecule has 4 heteroatoms. The van der Waals surface area contributed by atoms with Gasteiger partial charge < -0.3 is 20.4 Å². The first kappa shape index (κ1) is 24.7. The van der Waals surface area contributed by atoms with Crippen molar-refractivity contribution in [3.05, 3.63) is 12.2 Å². The maximum atomic E-state index is 11.6. The van der Waals surface area contributed by atoms with Crippen molar-refractivity contribution in [2.75, 3.05) is 0 Å². The van der Waals surface area contributed by atoms with Crippen LogP contribution in [-0.4, -0.2) is 44.3 Å². The lowest BCUT2D eigenvalue weighted by Crippen LogP contribution is -2.71. The summed E-state index contributed by atoms with van der Waals surface area (Å²) in [5.74, 6) is 2.43. The zero-order chi connectivity index (χ0) is 23.6. The van der Waals surface area contributed by atoms with Gasteiger partial charge in [-0.1, -0.05) is 46.8 Å². The Morgan fingerprint density at radius 1 is 1.03 bits per heavy atom. The molecule has 32 heavy (non-hydrogen) atoms. The van der Waals surface area contributed by atoms with Crippen molar-refractivity contribution in [2.45, 2.75) is 116 Å². The fourth-order valence-corrected chi connectivity index (χ4v) is 9.26. The van der Waals surface area contributed by atoms with E-state index in [1.807, 2.05) is 0 Å². The van der Waals surface area contributed by atoms with Crippen molar-refractivity contribution in [3.63, 3.8) is 0 Å². The molecule has 4 nitrogen and oxygen atoms in total. The minimum absolute atomic E-state index is 0.00347. The van der Waals surface area contributed by atoms with E-state index in [0.29, 0.717) is 42.9 Å². The summed E-state index contributed by atoms with van der Waals surface area (Å²) >= 11 is 0. The molecule has 0 amide bonds. The summed E-state index contributed by atoms with van der Waals surface area (Å²) in [6.07, 6.45) is 5.62. The van der Waals surface area contributed by atoms with Crippen LogP contribution in [0, 0.1) is 46.3 Å². The second-order valence-electron chi connectivity index (χ2n) is 13.1. The van der Waals surface area contributed by atoms with E-state index in [1.54, 1.807) is 0 Å². The Morgan fingerprint density at radius 3 is 2.38 bits per heavy atom. The van der Waals surface area contributed by atoms with Gasteiger partial charge in [-0.3, -0.25) is 0 Å². The lowest BCUT2D eigenvalue weighted by Gasteiger charge is -2.66. The minimum Gasteiger partial charge on any atom is -0.393 e. The number of rotatable bonds is 5. The van der Waals surface area contributed by atoms with E-state index in [1.165, 1.54) is 12.0 Å². The number of hydrogen-bond donors (Lipinski definition) is 4. The van der Waals surface area contributed by atoms with Crippen LogP contribution in [0.25, 0.3) is 0 Å². The van der Waals surface area contributed by atoms with Crippen LogP contribution >= 0.6 is 0 Å². The van der Waals surface area contributed by atoms with Crippen LogP contribution in [0.1, 0.15) is 92.4 Å². The predicted octanol–water partition coefficient (Wildman–Crippen LogP) is 4.69. The molecule has 0 saturated heterocycles. The maximum absolute atomic E-state index is 11.6. The molecule has 0 bridgehead atoms. The van der Waals surface area contributed by atoms with Crippen molar-refractivity contribution < 1.29 is 20.4 Å². The first-order valence-corrected chi connectivity index (χ1v) is 13.3. The molecule has 0 radical (unpaired) electrons. The molecule has 0 heterocycles. The van der Waals surface area contributed by atoms with Crippen LogP contribution in [0.15, 0.2) is 12.2 Å². The standard InChI is InChI=1S/C28H48O4/c1-16(2)17(3)7-8-18(4)21-9-10-22-20-13-24(31)28(32)14-19(29)11-12-27(28,6)25(20)23(30)15-26(21,22)5/h16,18-25,29-32H,3,7-15H2,1-2,4-6H3. The molecular weight excluding hydrogens is 400 g/mol. The van der Waals surface area contributed by atoms with E-state index in [2.05, 4.69) is 41.2 Å². The van der Waals surface area contributed by atoms with Crippen molar-refractivity contribution in [1.29, 1.82) is 0 Å². The zero-order valence-electron chi connectivity index (χ0n) is 21.1. The molecule has 4 aliphatic rings. The van der Waals surface area contributed by atoms with Crippen LogP contribution < -0.4 is 0 Å². The van der Waals surface area contributed by atoms with E-state index in [9.17, 15) is 20.4 Å². The van der Waals surface area contributed by atoms with Gasteiger partial charge in [0.1, 0.15) is 0 Å². The zero-order valence-corrected chi connectivity index (χ0v) is 21.1. The van der Waals surface area contributed by atoms with E-state index in [-0.39, 0.29) is 23.7 Å². The Labute approximate surface area is 195 Å². The first-order chi connectivity index (χ1) is 14.8. The highest BCUT2D eigenvalue weighted by atomic mass is 16.3. The highest BCUT2D eigenvalue weighted by Crippen LogP contribution is 2.69. The lowest BCUT2D eigenvalue weighted by atomic mass is 9.41. The average Bonchev–Trinajstić information content (AvgIpc) is 3.04. The van der Waals surface area contributed by atoms with Crippen LogP contribution in [0.2, 0.25) is 0 Å². The molecule has 4 N–H and O–H groups in total. The number of aliphatic hydroxyl groups excluding tert-OH is 3. The van der Waals surface area contributed by atoms with Gasteiger partial charge in [-0.15, -0.1) is 0 Å². The van der Waals surface area contributed by atoms with Crippen LogP contribution in [-0.2, 0) is 0 Å². The number of allylic oxidation sites excluding steroid dienone is 1. The Kier molecular flexibility index (Phi) is 6.45. The summed E-state index contributed by atoms with van der Waals surface area (Å²) in [7, 11) is 0. The van der Waals surface area contributed by atoms with Crippen molar-refractivity contribution in [3.8, 4) is 0 Å². The minimum atomic E-state index is -1.30. The smallest absolute Gasteiger partial charge is 0.0986 e. The molecule has 4 rings (SSSR count). The number of fused-ring (bicyclic) bond motifs is 5. The SMILES string of the molecule is C=C(CCC(C)C1CCC2C3CC(O)C4(O)CC(O)CCC4(C)C3C(O)CC12C)C(C)C. The number of hydrogen-bond acceptors (Lipinski definition) is 4. The molecule has 0 spiro atoms. The summed E-state index contributed by atoms with van der Waals surface area (Å²) in [6.45, 7) is 15.6. The summed E-state index contributed by atoms with van der Waals surface area (Å²) in [5, 5.41) is 44.7. The van der Waals surface area contributed by atoms with Crippen LogP contribution in [0.5, 0.6) is 0 Å². The highest BCUT2D eigenvalue weighted by molar-refractivity contribution is 5.19. The second kappa shape index (κ2) is 8.36. The molecule has 11 atom stereocenters. The molecule has 184 valence electrons. The third-order valence-electron chi connectivity index (χ3n) is 11.3. The fraction of sp³-hybridized carbons (Fsp3) is 0.929. The van der Waals surface area contributed by atoms with Crippen molar-refractivity contribution in [2.24, 2.45) is 46.3 Å². The normalized spacial score (nSPS) is 51.6. The van der Waals surface area contributed by atoms with Gasteiger partial charge >= 0.3 is 0 Å². The summed E-state index contributed by atoms with van der Waals surface area (Å²) < 4.78 is 0. The Balaban J connectivity index is 1.58. The van der Waals surface area contributed by atoms with Gasteiger partial charge in [-0.05, 0) is 92.3 Å². The molecule has 0 aromatic heterocycles. The van der Waals surface area contributed by atoms with Crippen molar-refractivity contribution in [1.82, 2.24) is 0 Å².